The zero-order chi connectivity index (χ0) is 9.90. The number of rotatable bonds is 1. The first kappa shape index (κ1) is 10.2. The predicted molar refractivity (Wildman–Crippen MR) is 54.5 cm³/mol. The maximum Gasteiger partial charge on any atom is 0.136 e. The first-order valence-corrected chi connectivity index (χ1v) is 4.97. The molecule has 13 heavy (non-hydrogen) atoms. The average molecular weight is 180 g/mol. The Morgan fingerprint density at radius 1 is 1.08 bits per heavy atom. The normalized spacial score (nSPS) is 17.2. The van der Waals surface area contributed by atoms with Gasteiger partial charge < -0.3 is 0 Å². The Morgan fingerprint density at radius 2 is 1.54 bits per heavy atom. The minimum absolute atomic E-state index is 0.704. The summed E-state index contributed by atoms with van der Waals surface area (Å²) in [5, 5.41) is 0. The molecule has 0 nitrogen and oxygen atoms in total. The molecule has 1 aliphatic carbocycles. The third-order valence-electron chi connectivity index (χ3n) is 2.26. The van der Waals surface area contributed by atoms with E-state index in [2.05, 4.69) is 0 Å². The summed E-state index contributed by atoms with van der Waals surface area (Å²) >= 11 is 0. The smallest absolute Gasteiger partial charge is 0.136 e. The van der Waals surface area contributed by atoms with E-state index in [-0.39, 0.29) is 0 Å². The molecule has 0 N–H and O–H groups in total. The van der Waals surface area contributed by atoms with E-state index in [0.29, 0.717) is 12.8 Å². The molecule has 72 valence electrons. The molecular weight excluding hydrogens is 163 g/mol. The van der Waals surface area contributed by atoms with Gasteiger partial charge in [0.25, 0.3) is 0 Å². The van der Waals surface area contributed by atoms with E-state index in [4.69, 9.17) is 0 Å². The number of hydrogen-bond acceptors (Lipinski definition) is 0. The van der Waals surface area contributed by atoms with E-state index in [1.54, 1.807) is 0 Å². The lowest BCUT2D eigenvalue weighted by atomic mass is 10.1. The van der Waals surface area contributed by atoms with Crippen molar-refractivity contribution in [2.45, 2.75) is 39.3 Å². The molecular formula is C12H17F. The zero-order valence-electron chi connectivity index (χ0n) is 8.60. The van der Waals surface area contributed by atoms with Crippen molar-refractivity contribution in [1.82, 2.24) is 0 Å². The quantitative estimate of drug-likeness (QED) is 0.613. The van der Waals surface area contributed by atoms with Crippen LogP contribution >= 0.6 is 0 Å². The fourth-order valence-corrected chi connectivity index (χ4v) is 1.25. The van der Waals surface area contributed by atoms with Gasteiger partial charge in [-0.1, -0.05) is 43.7 Å². The van der Waals surface area contributed by atoms with Crippen LogP contribution in [0.5, 0.6) is 0 Å². The highest BCUT2D eigenvalue weighted by Crippen LogP contribution is 2.49. The van der Waals surface area contributed by atoms with Crippen LogP contribution in [0.3, 0.4) is 0 Å². The lowest BCUT2D eigenvalue weighted by molar-refractivity contribution is 0.317. The van der Waals surface area contributed by atoms with Crippen LogP contribution in [-0.4, -0.2) is 0 Å². The summed E-state index contributed by atoms with van der Waals surface area (Å²) in [6.07, 6.45) is 1.41. The molecule has 0 radical (unpaired) electrons. The lowest BCUT2D eigenvalue weighted by Gasteiger charge is -2.04. The highest BCUT2D eigenvalue weighted by molar-refractivity contribution is 5.30. The minimum Gasteiger partial charge on any atom is -0.239 e. The van der Waals surface area contributed by atoms with Gasteiger partial charge in [-0.15, -0.1) is 0 Å². The van der Waals surface area contributed by atoms with Gasteiger partial charge in [-0.25, -0.2) is 4.39 Å². The molecule has 0 spiro atoms. The monoisotopic (exact) mass is 180 g/mol. The molecule has 1 aliphatic rings. The Morgan fingerprint density at radius 3 is 1.92 bits per heavy atom. The first-order valence-electron chi connectivity index (χ1n) is 4.97. The Hall–Kier alpha value is -0.850. The Labute approximate surface area is 79.8 Å². The van der Waals surface area contributed by atoms with Crippen LogP contribution in [0.15, 0.2) is 24.3 Å². The molecule has 0 unspecified atom stereocenters. The SMILES string of the molecule is CC.Cc1ccc(C2(F)CC2)cc1. The van der Waals surface area contributed by atoms with Gasteiger partial charge in [-0.3, -0.25) is 0 Å². The number of aryl methyl sites for hydroxylation is 1. The fraction of sp³-hybridized carbons (Fsp3) is 0.500. The molecule has 1 aromatic carbocycles. The summed E-state index contributed by atoms with van der Waals surface area (Å²) < 4.78 is 13.4. The molecule has 0 saturated heterocycles. The van der Waals surface area contributed by atoms with Crippen LogP contribution in [0, 0.1) is 6.92 Å². The summed E-state index contributed by atoms with van der Waals surface area (Å²) in [5.41, 5.74) is 1.08. The van der Waals surface area contributed by atoms with Crippen LogP contribution < -0.4 is 0 Å². The second-order valence-corrected chi connectivity index (χ2v) is 3.33. The molecule has 1 aromatic rings. The Bertz CT molecular complexity index is 257. The lowest BCUT2D eigenvalue weighted by Crippen LogP contribution is -1.96. The van der Waals surface area contributed by atoms with Crippen molar-refractivity contribution in [1.29, 1.82) is 0 Å². The van der Waals surface area contributed by atoms with Crippen molar-refractivity contribution in [3.63, 3.8) is 0 Å². The Balaban J connectivity index is 0.000000396. The van der Waals surface area contributed by atoms with Crippen LogP contribution in [0.4, 0.5) is 4.39 Å². The second-order valence-electron chi connectivity index (χ2n) is 3.33. The van der Waals surface area contributed by atoms with Gasteiger partial charge >= 0.3 is 0 Å². The summed E-state index contributed by atoms with van der Waals surface area (Å²) in [6.45, 7) is 6.02. The number of benzene rings is 1. The topological polar surface area (TPSA) is 0 Å². The van der Waals surface area contributed by atoms with Crippen LogP contribution in [0.25, 0.3) is 0 Å². The number of alkyl halides is 1. The number of halogens is 1. The van der Waals surface area contributed by atoms with E-state index in [0.717, 1.165) is 5.56 Å². The highest BCUT2D eigenvalue weighted by Gasteiger charge is 2.44. The molecule has 0 atom stereocenters. The van der Waals surface area contributed by atoms with Crippen molar-refractivity contribution in [2.75, 3.05) is 0 Å². The molecule has 0 bridgehead atoms. The van der Waals surface area contributed by atoms with E-state index < -0.39 is 5.67 Å². The number of hydrogen-bond donors (Lipinski definition) is 0. The van der Waals surface area contributed by atoms with Crippen LogP contribution in [0.1, 0.15) is 37.8 Å². The molecule has 0 amide bonds. The molecule has 1 saturated carbocycles. The summed E-state index contributed by atoms with van der Waals surface area (Å²) in [7, 11) is 0. The molecule has 0 aliphatic heterocycles. The highest BCUT2D eigenvalue weighted by atomic mass is 19.1. The molecule has 0 aromatic heterocycles. The van der Waals surface area contributed by atoms with Gasteiger partial charge in [0, 0.05) is 0 Å². The fourth-order valence-electron chi connectivity index (χ4n) is 1.25. The van der Waals surface area contributed by atoms with E-state index in [9.17, 15) is 4.39 Å². The third-order valence-corrected chi connectivity index (χ3v) is 2.26. The molecule has 2 rings (SSSR count). The van der Waals surface area contributed by atoms with Gasteiger partial charge in [-0.05, 0) is 25.3 Å². The maximum absolute atomic E-state index is 13.4. The summed E-state index contributed by atoms with van der Waals surface area (Å²) in [6, 6.07) is 7.72. The average Bonchev–Trinajstić information content (AvgIpc) is 2.89. The van der Waals surface area contributed by atoms with Crippen molar-refractivity contribution in [2.24, 2.45) is 0 Å². The van der Waals surface area contributed by atoms with Crippen LogP contribution in [-0.2, 0) is 5.67 Å². The van der Waals surface area contributed by atoms with Gasteiger partial charge in [0.05, 0.1) is 0 Å². The second kappa shape index (κ2) is 3.91. The van der Waals surface area contributed by atoms with Gasteiger partial charge in [0.15, 0.2) is 0 Å². The molecule has 0 heterocycles. The predicted octanol–water partition coefficient (Wildman–Crippen LogP) is 3.98. The van der Waals surface area contributed by atoms with Crippen molar-refractivity contribution >= 4 is 0 Å². The van der Waals surface area contributed by atoms with Gasteiger partial charge in [0.2, 0.25) is 0 Å². The largest absolute Gasteiger partial charge is 0.239 e. The summed E-state index contributed by atoms with van der Waals surface area (Å²) in [4.78, 5) is 0. The third kappa shape index (κ3) is 2.30. The van der Waals surface area contributed by atoms with Gasteiger partial charge in [0.1, 0.15) is 5.67 Å². The maximum atomic E-state index is 13.4. The van der Waals surface area contributed by atoms with E-state index in [1.807, 2.05) is 45.0 Å². The van der Waals surface area contributed by atoms with Crippen molar-refractivity contribution in [3.8, 4) is 0 Å². The van der Waals surface area contributed by atoms with E-state index >= 15 is 0 Å². The van der Waals surface area contributed by atoms with Gasteiger partial charge in [-0.2, -0.15) is 0 Å². The minimum atomic E-state index is -0.965. The van der Waals surface area contributed by atoms with E-state index in [1.165, 1.54) is 5.56 Å². The summed E-state index contributed by atoms with van der Waals surface area (Å²) in [5.74, 6) is 0. The molecule has 1 heteroatoms. The molecule has 1 fully saturated rings. The van der Waals surface area contributed by atoms with Crippen molar-refractivity contribution < 1.29 is 4.39 Å². The zero-order valence-corrected chi connectivity index (χ0v) is 8.60. The first-order chi connectivity index (χ1) is 6.21. The standard InChI is InChI=1S/C10H11F.C2H6/c1-8-2-4-9(5-3-8)10(11)6-7-10;1-2/h2-5H,6-7H2,1H3;1-2H3. The van der Waals surface area contributed by atoms with Crippen molar-refractivity contribution in [3.05, 3.63) is 35.4 Å². The Kier molecular flexibility index (Phi) is 3.07. The van der Waals surface area contributed by atoms with Crippen LogP contribution in [0.2, 0.25) is 0 Å².